The summed E-state index contributed by atoms with van der Waals surface area (Å²) < 4.78 is 11.6. The molecule has 1 heterocycles. The Morgan fingerprint density at radius 1 is 1.18 bits per heavy atom. The second-order valence-electron chi connectivity index (χ2n) is 5.74. The number of nitrogens with zero attached hydrogens (tertiary/aromatic N) is 1. The third-order valence-electron chi connectivity index (χ3n) is 4.77. The molecule has 0 amide bonds. The maximum atomic E-state index is 10.2. The minimum absolute atomic E-state index is 0.201. The van der Waals surface area contributed by atoms with E-state index in [9.17, 15) is 5.11 Å². The van der Waals surface area contributed by atoms with Gasteiger partial charge in [0, 0.05) is 24.9 Å². The Labute approximate surface area is 103 Å². The van der Waals surface area contributed by atoms with Crippen molar-refractivity contribution in [3.63, 3.8) is 0 Å². The Hall–Kier alpha value is -0.160. The van der Waals surface area contributed by atoms with E-state index in [1.165, 1.54) is 19.3 Å². The molecule has 98 valence electrons. The summed E-state index contributed by atoms with van der Waals surface area (Å²) >= 11 is 0. The second kappa shape index (κ2) is 4.50. The predicted molar refractivity (Wildman–Crippen MR) is 63.7 cm³/mol. The first kappa shape index (κ1) is 11.9. The van der Waals surface area contributed by atoms with Crippen molar-refractivity contribution in [2.75, 3.05) is 20.3 Å². The maximum Gasteiger partial charge on any atom is 0.170 e. The van der Waals surface area contributed by atoms with Crippen LogP contribution in [0.5, 0.6) is 0 Å². The van der Waals surface area contributed by atoms with Gasteiger partial charge in [0.1, 0.15) is 0 Å². The molecule has 3 fully saturated rings. The minimum Gasteiger partial charge on any atom is -0.391 e. The molecule has 3 aliphatic rings. The highest BCUT2D eigenvalue weighted by molar-refractivity contribution is 4.95. The van der Waals surface area contributed by atoms with Gasteiger partial charge in [-0.05, 0) is 26.3 Å². The van der Waals surface area contributed by atoms with Crippen molar-refractivity contribution in [2.24, 2.45) is 0 Å². The molecule has 1 aliphatic heterocycles. The van der Waals surface area contributed by atoms with Crippen molar-refractivity contribution in [3.8, 4) is 0 Å². The van der Waals surface area contributed by atoms with Crippen molar-refractivity contribution < 1.29 is 14.6 Å². The van der Waals surface area contributed by atoms with E-state index in [0.717, 1.165) is 19.3 Å². The fourth-order valence-corrected chi connectivity index (χ4v) is 3.36. The molecular formula is C13H23NO3. The summed E-state index contributed by atoms with van der Waals surface area (Å²) in [7, 11) is 2.14. The summed E-state index contributed by atoms with van der Waals surface area (Å²) in [4.78, 5) is 2.36. The zero-order valence-electron chi connectivity index (χ0n) is 10.6. The molecule has 2 aliphatic carbocycles. The molecule has 0 radical (unpaired) electrons. The van der Waals surface area contributed by atoms with E-state index >= 15 is 0 Å². The van der Waals surface area contributed by atoms with Gasteiger partial charge >= 0.3 is 0 Å². The molecule has 1 N–H and O–H groups in total. The van der Waals surface area contributed by atoms with Gasteiger partial charge in [-0.15, -0.1) is 0 Å². The number of hydrogen-bond donors (Lipinski definition) is 1. The summed E-state index contributed by atoms with van der Waals surface area (Å²) in [5.41, 5.74) is 0. The fourth-order valence-electron chi connectivity index (χ4n) is 3.36. The summed E-state index contributed by atoms with van der Waals surface area (Å²) in [6.45, 7) is 1.41. The quantitative estimate of drug-likeness (QED) is 0.787. The Kier molecular flexibility index (Phi) is 3.15. The maximum absolute atomic E-state index is 10.2. The van der Waals surface area contributed by atoms with Gasteiger partial charge in [-0.25, -0.2) is 0 Å². The van der Waals surface area contributed by atoms with Crippen molar-refractivity contribution >= 4 is 0 Å². The fraction of sp³-hybridized carbons (Fsp3) is 1.00. The Morgan fingerprint density at radius 2 is 1.88 bits per heavy atom. The van der Waals surface area contributed by atoms with Crippen LogP contribution in [0.2, 0.25) is 0 Å². The molecule has 4 nitrogen and oxygen atoms in total. The van der Waals surface area contributed by atoms with E-state index in [-0.39, 0.29) is 17.9 Å². The van der Waals surface area contributed by atoms with Crippen LogP contribution >= 0.6 is 0 Å². The van der Waals surface area contributed by atoms with Crippen molar-refractivity contribution in [1.29, 1.82) is 0 Å². The van der Waals surface area contributed by atoms with E-state index in [0.29, 0.717) is 19.3 Å². The predicted octanol–water partition coefficient (Wildman–Crippen LogP) is 1.13. The normalized spacial score (nSPS) is 37.6. The van der Waals surface area contributed by atoms with Gasteiger partial charge in [0.2, 0.25) is 0 Å². The zero-order valence-corrected chi connectivity index (χ0v) is 10.6. The Balaban J connectivity index is 1.68. The van der Waals surface area contributed by atoms with Crippen LogP contribution in [0.25, 0.3) is 0 Å². The highest BCUT2D eigenvalue weighted by atomic mass is 16.7. The summed E-state index contributed by atoms with van der Waals surface area (Å²) in [5.74, 6) is -0.387. The van der Waals surface area contributed by atoms with Crippen LogP contribution in [0.4, 0.5) is 0 Å². The van der Waals surface area contributed by atoms with Gasteiger partial charge < -0.3 is 14.6 Å². The molecule has 1 saturated heterocycles. The van der Waals surface area contributed by atoms with Gasteiger partial charge in [-0.2, -0.15) is 0 Å². The second-order valence-corrected chi connectivity index (χ2v) is 5.74. The molecule has 0 bridgehead atoms. The van der Waals surface area contributed by atoms with Crippen molar-refractivity contribution in [2.45, 2.75) is 62.5 Å². The lowest BCUT2D eigenvalue weighted by Gasteiger charge is -2.47. The molecule has 1 spiro atoms. The lowest BCUT2D eigenvalue weighted by molar-refractivity contribution is -0.207. The first-order valence-electron chi connectivity index (χ1n) is 6.88. The lowest BCUT2D eigenvalue weighted by Crippen LogP contribution is -2.56. The summed E-state index contributed by atoms with van der Waals surface area (Å²) in [6, 6.07) is 0.860. The molecule has 4 heteroatoms. The highest BCUT2D eigenvalue weighted by Crippen LogP contribution is 2.39. The van der Waals surface area contributed by atoms with Crippen LogP contribution in [-0.2, 0) is 9.47 Å². The average molecular weight is 241 g/mol. The molecule has 2 unspecified atom stereocenters. The Morgan fingerprint density at radius 3 is 2.47 bits per heavy atom. The summed E-state index contributed by atoms with van der Waals surface area (Å²) in [6.07, 6.45) is 6.10. The molecule has 0 aromatic heterocycles. The lowest BCUT2D eigenvalue weighted by atomic mass is 9.83. The van der Waals surface area contributed by atoms with Crippen LogP contribution < -0.4 is 0 Å². The van der Waals surface area contributed by atoms with E-state index in [1.807, 2.05) is 0 Å². The van der Waals surface area contributed by atoms with Gasteiger partial charge in [-0.3, -0.25) is 4.90 Å². The zero-order chi connectivity index (χ0) is 11.9. The standard InChI is InChI=1S/C13H23NO3/c1-14(10-3-2-4-10)11-9-13(6-5-12(11)15)16-7-8-17-13/h10-12,15H,2-9H2,1H3. The number of ether oxygens (including phenoxy) is 2. The van der Waals surface area contributed by atoms with Crippen LogP contribution in [0, 0.1) is 0 Å². The van der Waals surface area contributed by atoms with E-state index in [2.05, 4.69) is 11.9 Å². The molecule has 2 atom stereocenters. The number of rotatable bonds is 2. The third-order valence-corrected chi connectivity index (χ3v) is 4.77. The van der Waals surface area contributed by atoms with Crippen LogP contribution in [0.3, 0.4) is 0 Å². The van der Waals surface area contributed by atoms with Gasteiger partial charge in [0.15, 0.2) is 5.79 Å². The largest absolute Gasteiger partial charge is 0.391 e. The molecule has 3 rings (SSSR count). The smallest absolute Gasteiger partial charge is 0.170 e. The first-order valence-corrected chi connectivity index (χ1v) is 6.88. The number of likely N-dealkylation sites (N-methyl/N-ethyl adjacent to an activating group) is 1. The van der Waals surface area contributed by atoms with Crippen LogP contribution in [0.15, 0.2) is 0 Å². The van der Waals surface area contributed by atoms with Crippen LogP contribution in [-0.4, -0.2) is 54.2 Å². The Bertz CT molecular complexity index is 274. The summed E-state index contributed by atoms with van der Waals surface area (Å²) in [5, 5.41) is 10.2. The van der Waals surface area contributed by atoms with Gasteiger partial charge in [-0.1, -0.05) is 6.42 Å². The first-order chi connectivity index (χ1) is 8.20. The monoisotopic (exact) mass is 241 g/mol. The molecule has 0 aromatic carbocycles. The highest BCUT2D eigenvalue weighted by Gasteiger charge is 2.47. The van der Waals surface area contributed by atoms with Gasteiger partial charge in [0.25, 0.3) is 0 Å². The van der Waals surface area contributed by atoms with Crippen molar-refractivity contribution in [3.05, 3.63) is 0 Å². The minimum atomic E-state index is -0.387. The molecule has 2 saturated carbocycles. The SMILES string of the molecule is CN(C1CCC1)C1CC2(CCC1O)OCCO2. The van der Waals surface area contributed by atoms with E-state index in [4.69, 9.17) is 9.47 Å². The molecule has 17 heavy (non-hydrogen) atoms. The number of aliphatic hydroxyl groups is 1. The number of hydrogen-bond acceptors (Lipinski definition) is 4. The van der Waals surface area contributed by atoms with Crippen LogP contribution in [0.1, 0.15) is 38.5 Å². The number of aliphatic hydroxyl groups excluding tert-OH is 1. The van der Waals surface area contributed by atoms with E-state index in [1.54, 1.807) is 0 Å². The third kappa shape index (κ3) is 2.12. The average Bonchev–Trinajstić information content (AvgIpc) is 2.68. The van der Waals surface area contributed by atoms with Gasteiger partial charge in [0.05, 0.1) is 19.3 Å². The van der Waals surface area contributed by atoms with Crippen molar-refractivity contribution in [1.82, 2.24) is 4.90 Å². The molecular weight excluding hydrogens is 218 g/mol. The topological polar surface area (TPSA) is 41.9 Å². The molecule has 0 aromatic rings. The van der Waals surface area contributed by atoms with E-state index < -0.39 is 0 Å².